The molecule has 0 aromatic rings. The first-order valence-corrected chi connectivity index (χ1v) is 5.14. The highest BCUT2D eigenvalue weighted by atomic mass is 35.5. The molecule has 10 heavy (non-hydrogen) atoms. The van der Waals surface area contributed by atoms with E-state index < -0.39 is 0 Å². The lowest BCUT2D eigenvalue weighted by Crippen LogP contribution is -1.91. The molecule has 0 rings (SSSR count). The molecule has 0 aromatic heterocycles. The number of hydrogen-bond donors (Lipinski definition) is 0. The number of halogens is 1. The van der Waals surface area contributed by atoms with Crippen LogP contribution in [0.3, 0.4) is 0 Å². The maximum absolute atomic E-state index is 2.30. The van der Waals surface area contributed by atoms with Gasteiger partial charge in [0.2, 0.25) is 0 Å². The van der Waals surface area contributed by atoms with Crippen molar-refractivity contribution in [2.45, 2.75) is 39.8 Å². The van der Waals surface area contributed by atoms with Crippen LogP contribution < -0.4 is 0 Å². The van der Waals surface area contributed by atoms with Crippen LogP contribution in [-0.4, -0.2) is 11.8 Å². The Labute approximate surface area is 73.4 Å². The van der Waals surface area contributed by atoms with Gasteiger partial charge in [0.05, 0.1) is 0 Å². The molecule has 0 N–H and O–H groups in total. The molecule has 0 aliphatic carbocycles. The van der Waals surface area contributed by atoms with Crippen LogP contribution in [0.15, 0.2) is 0 Å². The summed E-state index contributed by atoms with van der Waals surface area (Å²) in [5.74, 6) is 0.899. The second-order valence-electron chi connectivity index (χ2n) is 3.29. The van der Waals surface area contributed by atoms with Crippen molar-refractivity contribution in [2.24, 2.45) is 5.92 Å². The monoisotopic (exact) mass is 182 g/mol. The van der Waals surface area contributed by atoms with Crippen LogP contribution in [0.2, 0.25) is 0 Å². The Morgan fingerprint density at radius 2 is 1.60 bits per heavy atom. The van der Waals surface area contributed by atoms with E-state index in [1.54, 1.807) is 0 Å². The number of rotatable bonds is 4. The van der Waals surface area contributed by atoms with Crippen molar-refractivity contribution in [1.82, 2.24) is 0 Å². The summed E-state index contributed by atoms with van der Waals surface area (Å²) >= 11 is 0. The second kappa shape index (κ2) is 7.82. The molecule has 1 unspecified atom stereocenters. The quantitative estimate of drug-likeness (QED) is 0.584. The van der Waals surface area contributed by atoms with E-state index >= 15 is 0 Å². The topological polar surface area (TPSA) is 0 Å². The van der Waals surface area contributed by atoms with Gasteiger partial charge in [0.25, 0.3) is 0 Å². The second-order valence-corrected chi connectivity index (χ2v) is 5.35. The van der Waals surface area contributed by atoms with Gasteiger partial charge in [-0.1, -0.05) is 27.7 Å². The SMILES string of the molecule is CC(C)CCPC(C)C.Cl. The fourth-order valence-corrected chi connectivity index (χ4v) is 1.98. The maximum atomic E-state index is 2.30. The highest BCUT2D eigenvalue weighted by Crippen LogP contribution is 2.20. The van der Waals surface area contributed by atoms with Crippen LogP contribution in [0, 0.1) is 5.92 Å². The molecule has 1 atom stereocenters. The molecule has 0 aromatic carbocycles. The normalized spacial score (nSPS) is 11.4. The van der Waals surface area contributed by atoms with Crippen molar-refractivity contribution < 1.29 is 0 Å². The zero-order chi connectivity index (χ0) is 7.28. The average Bonchev–Trinajstić information content (AvgIpc) is 1.63. The summed E-state index contributed by atoms with van der Waals surface area (Å²) in [6.45, 7) is 9.20. The fourth-order valence-electron chi connectivity index (χ4n) is 0.661. The first kappa shape index (κ1) is 13.3. The van der Waals surface area contributed by atoms with Gasteiger partial charge in [-0.25, -0.2) is 0 Å². The van der Waals surface area contributed by atoms with Crippen LogP contribution in [0.1, 0.15) is 34.1 Å². The van der Waals surface area contributed by atoms with Crippen molar-refractivity contribution in [2.75, 3.05) is 6.16 Å². The van der Waals surface area contributed by atoms with E-state index in [2.05, 4.69) is 27.7 Å². The highest BCUT2D eigenvalue weighted by Gasteiger charge is 1.95. The van der Waals surface area contributed by atoms with Gasteiger partial charge < -0.3 is 0 Å². The smallest absolute Gasteiger partial charge is 0.0294 e. The van der Waals surface area contributed by atoms with Gasteiger partial charge in [-0.2, -0.15) is 0 Å². The number of hydrogen-bond acceptors (Lipinski definition) is 0. The van der Waals surface area contributed by atoms with E-state index in [9.17, 15) is 0 Å². The molecule has 0 radical (unpaired) electrons. The summed E-state index contributed by atoms with van der Waals surface area (Å²) in [7, 11) is 1.18. The predicted octanol–water partition coefficient (Wildman–Crippen LogP) is 3.54. The first-order chi connectivity index (χ1) is 4.13. The van der Waals surface area contributed by atoms with Crippen molar-refractivity contribution in [3.63, 3.8) is 0 Å². The van der Waals surface area contributed by atoms with Crippen molar-refractivity contribution in [3.8, 4) is 0 Å². The summed E-state index contributed by atoms with van der Waals surface area (Å²) < 4.78 is 0. The molecular formula is C8H20ClP. The molecule has 0 bridgehead atoms. The third kappa shape index (κ3) is 11.5. The Morgan fingerprint density at radius 1 is 1.10 bits per heavy atom. The third-order valence-electron chi connectivity index (χ3n) is 1.27. The summed E-state index contributed by atoms with van der Waals surface area (Å²) in [5.41, 5.74) is 0.920. The molecule has 64 valence electrons. The Balaban J connectivity index is 0. The lowest BCUT2D eigenvalue weighted by Gasteiger charge is -2.06. The lowest BCUT2D eigenvalue weighted by molar-refractivity contribution is 0.630. The molecule has 0 fully saturated rings. The zero-order valence-corrected chi connectivity index (χ0v) is 9.29. The van der Waals surface area contributed by atoms with Gasteiger partial charge >= 0.3 is 0 Å². The van der Waals surface area contributed by atoms with E-state index in [-0.39, 0.29) is 12.4 Å². The van der Waals surface area contributed by atoms with Gasteiger partial charge in [0, 0.05) is 0 Å². The van der Waals surface area contributed by atoms with E-state index in [0.717, 1.165) is 11.6 Å². The van der Waals surface area contributed by atoms with E-state index in [0.29, 0.717) is 0 Å². The standard InChI is InChI=1S/C8H19P.ClH/c1-7(2)5-6-9-8(3)4;/h7-9H,5-6H2,1-4H3;1H. The molecule has 0 aliphatic heterocycles. The summed E-state index contributed by atoms with van der Waals surface area (Å²) in [6, 6.07) is 0. The highest BCUT2D eigenvalue weighted by molar-refractivity contribution is 7.38. The third-order valence-corrected chi connectivity index (χ3v) is 2.67. The minimum atomic E-state index is 0. The van der Waals surface area contributed by atoms with Crippen LogP contribution in [0.25, 0.3) is 0 Å². The Hall–Kier alpha value is 0.720. The van der Waals surface area contributed by atoms with Gasteiger partial charge in [0.15, 0.2) is 0 Å². The molecule has 0 heterocycles. The Morgan fingerprint density at radius 3 is 1.90 bits per heavy atom. The summed E-state index contributed by atoms with van der Waals surface area (Å²) in [6.07, 6.45) is 2.85. The van der Waals surface area contributed by atoms with Gasteiger partial charge in [-0.05, 0) is 24.2 Å². The van der Waals surface area contributed by atoms with Gasteiger partial charge in [0.1, 0.15) is 0 Å². The Kier molecular flexibility index (Phi) is 10.4. The van der Waals surface area contributed by atoms with Crippen LogP contribution in [0.4, 0.5) is 0 Å². The van der Waals surface area contributed by atoms with E-state index in [4.69, 9.17) is 0 Å². The molecule has 0 nitrogen and oxygen atoms in total. The maximum Gasteiger partial charge on any atom is -0.0294 e. The Bertz CT molecular complexity index is 54.3. The van der Waals surface area contributed by atoms with Crippen molar-refractivity contribution in [1.29, 1.82) is 0 Å². The molecular weight excluding hydrogens is 163 g/mol. The first-order valence-electron chi connectivity index (χ1n) is 3.86. The molecule has 0 amide bonds. The minimum Gasteiger partial charge on any atom is -0.147 e. The molecule has 2 heteroatoms. The van der Waals surface area contributed by atoms with E-state index in [1.807, 2.05) is 0 Å². The largest absolute Gasteiger partial charge is 0.147 e. The van der Waals surface area contributed by atoms with Crippen LogP contribution in [0.5, 0.6) is 0 Å². The summed E-state index contributed by atoms with van der Waals surface area (Å²) in [4.78, 5) is 0. The van der Waals surface area contributed by atoms with Gasteiger partial charge in [-0.15, -0.1) is 21.0 Å². The zero-order valence-electron chi connectivity index (χ0n) is 7.48. The molecule has 0 spiro atoms. The average molecular weight is 183 g/mol. The van der Waals surface area contributed by atoms with Gasteiger partial charge in [-0.3, -0.25) is 0 Å². The van der Waals surface area contributed by atoms with E-state index in [1.165, 1.54) is 21.2 Å². The van der Waals surface area contributed by atoms with Crippen LogP contribution in [-0.2, 0) is 0 Å². The van der Waals surface area contributed by atoms with Crippen LogP contribution >= 0.6 is 21.0 Å². The van der Waals surface area contributed by atoms with Crippen molar-refractivity contribution in [3.05, 3.63) is 0 Å². The fraction of sp³-hybridized carbons (Fsp3) is 1.00. The molecule has 0 aliphatic rings. The minimum absolute atomic E-state index is 0. The lowest BCUT2D eigenvalue weighted by atomic mass is 10.2. The molecule has 0 saturated heterocycles. The molecule has 0 saturated carbocycles. The van der Waals surface area contributed by atoms with Crippen molar-refractivity contribution >= 4 is 21.0 Å². The predicted molar refractivity (Wildman–Crippen MR) is 55.0 cm³/mol. The summed E-state index contributed by atoms with van der Waals surface area (Å²) in [5, 5.41) is 0.